The van der Waals surface area contributed by atoms with Gasteiger partial charge in [0.05, 0.1) is 82.2 Å². The Morgan fingerprint density at radius 1 is 0.235 bits per heavy atom. The molecule has 0 aliphatic heterocycles. The molecule has 13 aromatic rings. The van der Waals surface area contributed by atoms with E-state index in [-0.39, 0.29) is 50.8 Å². The zero-order valence-electron chi connectivity index (χ0n) is 66.7. The van der Waals surface area contributed by atoms with Gasteiger partial charge in [0.15, 0.2) is 34.5 Å². The maximum absolute atomic E-state index is 12.9. The van der Waals surface area contributed by atoms with Crippen molar-refractivity contribution in [1.29, 1.82) is 0 Å². The molecule has 27 heteroatoms. The highest BCUT2D eigenvalue weighted by atomic mass is 16.6. The number of para-hydroxylation sites is 1. The Morgan fingerprint density at radius 3 is 0.832 bits per heavy atom. The fourth-order valence-corrected chi connectivity index (χ4v) is 11.4. The number of anilines is 6. The van der Waals surface area contributed by atoms with E-state index >= 15 is 0 Å². The third-order valence-electron chi connectivity index (χ3n) is 17.4. The average molecular weight is 1610 g/mol. The number of esters is 5. The van der Waals surface area contributed by atoms with Gasteiger partial charge in [-0.3, -0.25) is 0 Å². The second-order valence-corrected chi connectivity index (χ2v) is 25.3. The highest BCUT2D eigenvalue weighted by Crippen LogP contribution is 2.39. The number of nitrogens with one attached hydrogen (secondary N) is 3. The number of rotatable bonds is 29. The molecular weight excluding hydrogens is 1530 g/mol. The van der Waals surface area contributed by atoms with E-state index in [0.717, 1.165) is 50.8 Å². The number of carbonyl (C=O) groups is 5. The second kappa shape index (κ2) is 40.8. The van der Waals surface area contributed by atoms with Gasteiger partial charge >= 0.3 is 29.8 Å². The van der Waals surface area contributed by atoms with Crippen LogP contribution in [-0.4, -0.2) is 116 Å². The van der Waals surface area contributed by atoms with E-state index in [1.54, 1.807) is 86.0 Å². The topological polar surface area (TPSA) is 308 Å². The van der Waals surface area contributed by atoms with Crippen molar-refractivity contribution in [1.82, 2.24) is 15.0 Å². The van der Waals surface area contributed by atoms with Gasteiger partial charge in [0.2, 0.25) is 17.8 Å². The van der Waals surface area contributed by atoms with Crippen molar-refractivity contribution < 1.29 is 99.8 Å². The third-order valence-corrected chi connectivity index (χ3v) is 17.4. The molecule has 27 nitrogen and oxygen atoms in total. The number of nitrogens with zero attached hydrogens (tertiary/aromatic N) is 3. The number of methoxy groups -OCH3 is 10. The van der Waals surface area contributed by atoms with Gasteiger partial charge in [-0.1, -0.05) is 66.7 Å². The SMILES string of the molecule is COc1cc(OC)c(C(=O)Oc2ccc(C(=O)Oc3ccc(-c4ccc(OC(=O)c5ccc(OC(=O)c6cc(OC)c(OC)cc6OC)cc5)cc4)cc3)cc2)cc1OC.COc1cc(OC)c(C(=O)Oc2ccc(Oc3ccccc3)cc2)cc1OC.COc1ccc(Nc2nc(Nc3cccc(C)c3)nc(Nc3cccc(C)c3)n2)cc1. The maximum atomic E-state index is 12.9. The Hall–Kier alpha value is -15.8. The lowest BCUT2D eigenvalue weighted by molar-refractivity contribution is 0.0717. The van der Waals surface area contributed by atoms with Crippen LogP contribution in [0.25, 0.3) is 11.1 Å². The smallest absolute Gasteiger partial charge is 0.347 e. The summed E-state index contributed by atoms with van der Waals surface area (Å²) in [6.07, 6.45) is 0. The average Bonchev–Trinajstić information content (AvgIpc) is 0.824. The van der Waals surface area contributed by atoms with Gasteiger partial charge in [-0.05, 0) is 194 Å². The predicted octanol–water partition coefficient (Wildman–Crippen LogP) is 18.7. The standard InChI is InChI=1S/C46H38O14.C24H24N6O.C22H20O6/c1-51-37-25-41(55-5)39(53-3)23-35(37)45(49)59-33-19-11-29(12-20-33)43(47)57-31-15-7-27(8-16-31)28-9-17-32(18-10-28)58-44(48)30-13-21-34(22-14-30)60-46(50)36-24-40(54-4)42(56-6)26-38(36)52-2;1-16-6-4-8-19(14-16)26-23-28-22(25-18-10-12-21(31-3)13-11-18)29-24(30-23)27-20-9-5-7-17(2)15-20;1-24-19-14-21(26-3)20(25-2)13-18(19)22(23)28-17-11-9-16(10-12-17)27-15-7-5-4-6-8-15/h7-26H,1-6H3;4-15H,1-3H3,(H3,25,26,27,28,29,30);4-14H,1-3H3. The summed E-state index contributed by atoms with van der Waals surface area (Å²) in [4.78, 5) is 77.9. The molecule has 0 saturated heterocycles. The minimum absolute atomic E-state index is 0.124. The first-order chi connectivity index (χ1) is 57.8. The highest BCUT2D eigenvalue weighted by molar-refractivity contribution is 5.97. The predicted molar refractivity (Wildman–Crippen MR) is 446 cm³/mol. The molecule has 0 atom stereocenters. The van der Waals surface area contributed by atoms with Crippen LogP contribution < -0.4 is 91.7 Å². The molecule has 1 heterocycles. The van der Waals surface area contributed by atoms with Gasteiger partial charge in [-0.15, -0.1) is 0 Å². The molecule has 12 aromatic carbocycles. The molecule has 1 aromatic heterocycles. The molecule has 0 spiro atoms. The van der Waals surface area contributed by atoms with Gasteiger partial charge in [0, 0.05) is 53.5 Å². The lowest BCUT2D eigenvalue weighted by atomic mass is 10.1. The Morgan fingerprint density at radius 2 is 0.513 bits per heavy atom. The van der Waals surface area contributed by atoms with E-state index in [4.69, 9.17) is 75.8 Å². The number of ether oxygens (including phenoxy) is 16. The van der Waals surface area contributed by atoms with Crippen LogP contribution >= 0.6 is 0 Å². The van der Waals surface area contributed by atoms with E-state index in [1.807, 2.05) is 117 Å². The lowest BCUT2D eigenvalue weighted by Crippen LogP contribution is -2.12. The van der Waals surface area contributed by atoms with Crippen LogP contribution in [0, 0.1) is 13.8 Å². The van der Waals surface area contributed by atoms with E-state index < -0.39 is 29.8 Å². The summed E-state index contributed by atoms with van der Waals surface area (Å²) < 4.78 is 86.0. The Balaban J connectivity index is 0.000000195. The summed E-state index contributed by atoms with van der Waals surface area (Å²) >= 11 is 0. The highest BCUT2D eigenvalue weighted by Gasteiger charge is 2.25. The maximum Gasteiger partial charge on any atom is 0.347 e. The second-order valence-electron chi connectivity index (χ2n) is 25.3. The van der Waals surface area contributed by atoms with Crippen LogP contribution in [0.15, 0.2) is 261 Å². The number of aromatic nitrogens is 3. The summed E-state index contributed by atoms with van der Waals surface area (Å²) in [5.41, 5.74) is 7.53. The third kappa shape index (κ3) is 22.8. The summed E-state index contributed by atoms with van der Waals surface area (Å²) in [7, 11) is 14.8. The first kappa shape index (κ1) is 84.1. The van der Waals surface area contributed by atoms with Crippen LogP contribution in [0.4, 0.5) is 34.9 Å². The molecule has 0 aliphatic carbocycles. The molecule has 0 bridgehead atoms. The van der Waals surface area contributed by atoms with Crippen molar-refractivity contribution in [2.75, 3.05) is 87.0 Å². The normalized spacial score (nSPS) is 10.4. The fraction of sp³-hybridized carbons (Fsp3) is 0.130. The largest absolute Gasteiger partial charge is 0.497 e. The van der Waals surface area contributed by atoms with E-state index in [0.29, 0.717) is 81.1 Å². The Kier molecular flexibility index (Phi) is 28.8. The van der Waals surface area contributed by atoms with E-state index in [9.17, 15) is 24.0 Å². The number of benzene rings is 12. The summed E-state index contributed by atoms with van der Waals surface area (Å²) in [5.74, 6) is 4.73. The van der Waals surface area contributed by atoms with Crippen LogP contribution in [0.3, 0.4) is 0 Å². The zero-order valence-corrected chi connectivity index (χ0v) is 66.7. The first-order valence-corrected chi connectivity index (χ1v) is 36.4. The number of hydrogen-bond acceptors (Lipinski definition) is 27. The lowest BCUT2D eigenvalue weighted by Gasteiger charge is -2.13. The van der Waals surface area contributed by atoms with Crippen LogP contribution in [0.2, 0.25) is 0 Å². The van der Waals surface area contributed by atoms with Gasteiger partial charge in [-0.25, -0.2) is 24.0 Å². The first-order valence-electron chi connectivity index (χ1n) is 36.4. The van der Waals surface area contributed by atoms with Crippen LogP contribution in [-0.2, 0) is 0 Å². The fourth-order valence-electron chi connectivity index (χ4n) is 11.4. The van der Waals surface area contributed by atoms with E-state index in [2.05, 4.69) is 30.9 Å². The summed E-state index contributed by atoms with van der Waals surface area (Å²) in [6, 6.07) is 74.4. The van der Waals surface area contributed by atoms with Crippen LogP contribution in [0.1, 0.15) is 62.9 Å². The molecule has 0 radical (unpaired) electrons. The molecule has 0 saturated carbocycles. The molecule has 0 unspecified atom stereocenters. The van der Waals surface area contributed by atoms with Gasteiger partial charge < -0.3 is 91.7 Å². The monoisotopic (exact) mass is 1610 g/mol. The van der Waals surface area contributed by atoms with Crippen molar-refractivity contribution >= 4 is 64.8 Å². The number of aryl methyl sites for hydroxylation is 2. The number of carbonyl (C=O) groups excluding carboxylic acids is 5. The van der Waals surface area contributed by atoms with Crippen LogP contribution in [0.5, 0.6) is 97.7 Å². The molecule has 119 heavy (non-hydrogen) atoms. The molecule has 13 rings (SSSR count). The Labute approximate surface area is 685 Å². The zero-order chi connectivity index (χ0) is 84.3. The molecule has 606 valence electrons. The van der Waals surface area contributed by atoms with Crippen molar-refractivity contribution in [3.8, 4) is 109 Å². The minimum Gasteiger partial charge on any atom is -0.497 e. The quantitative estimate of drug-likeness (QED) is 0.0290. The Bertz CT molecular complexity index is 5420. The number of hydrogen-bond donors (Lipinski definition) is 3. The summed E-state index contributed by atoms with van der Waals surface area (Å²) in [5, 5.41) is 9.76. The molecule has 0 fully saturated rings. The molecule has 0 amide bonds. The van der Waals surface area contributed by atoms with E-state index in [1.165, 1.54) is 143 Å². The van der Waals surface area contributed by atoms with Gasteiger partial charge in [0.25, 0.3) is 0 Å². The summed E-state index contributed by atoms with van der Waals surface area (Å²) in [6.45, 7) is 4.08. The van der Waals surface area contributed by atoms with Gasteiger partial charge in [-0.2, -0.15) is 15.0 Å². The van der Waals surface area contributed by atoms with Crippen molar-refractivity contribution in [3.63, 3.8) is 0 Å². The molecule has 0 aliphatic rings. The molecular formula is C92H82N6O21. The van der Waals surface area contributed by atoms with Gasteiger partial charge in [0.1, 0.15) is 79.9 Å². The molecule has 3 N–H and O–H groups in total. The van der Waals surface area contributed by atoms with Crippen molar-refractivity contribution in [2.45, 2.75) is 13.8 Å². The minimum atomic E-state index is -0.695. The van der Waals surface area contributed by atoms with Crippen molar-refractivity contribution in [2.24, 2.45) is 0 Å². The van der Waals surface area contributed by atoms with Crippen molar-refractivity contribution in [3.05, 3.63) is 300 Å².